The van der Waals surface area contributed by atoms with Gasteiger partial charge in [-0.2, -0.15) is 0 Å². The molecule has 0 radical (unpaired) electrons. The van der Waals surface area contributed by atoms with E-state index in [2.05, 4.69) is 58.7 Å². The molecule has 0 fully saturated rings. The van der Waals surface area contributed by atoms with Crippen LogP contribution in [0.25, 0.3) is 0 Å². The van der Waals surface area contributed by atoms with Crippen LogP contribution in [-0.2, 0) is 0 Å². The van der Waals surface area contributed by atoms with Gasteiger partial charge < -0.3 is 10.6 Å². The number of hydrogen-bond acceptors (Lipinski definition) is 4. The highest BCUT2D eigenvalue weighted by atomic mass is 15.1. The Labute approximate surface area is 107 Å². The van der Waals surface area contributed by atoms with E-state index in [1.54, 1.807) is 0 Å². The summed E-state index contributed by atoms with van der Waals surface area (Å²) in [6.45, 7) is 6.01. The van der Waals surface area contributed by atoms with Crippen molar-refractivity contribution in [3.63, 3.8) is 0 Å². The smallest absolute Gasteiger partial charge is 0.128 e. The van der Waals surface area contributed by atoms with Crippen LogP contribution in [0.15, 0.2) is 34.3 Å². The van der Waals surface area contributed by atoms with E-state index in [1.165, 1.54) is 0 Å². The topological polar surface area (TPSA) is 48.8 Å². The van der Waals surface area contributed by atoms with Gasteiger partial charge in [-0.3, -0.25) is 9.98 Å². The largest absolute Gasteiger partial charge is 0.366 e. The second-order valence-corrected chi connectivity index (χ2v) is 5.05. The molecule has 2 aliphatic heterocycles. The Morgan fingerprint density at radius 3 is 1.50 bits per heavy atom. The van der Waals surface area contributed by atoms with Gasteiger partial charge in [0, 0.05) is 23.2 Å². The molecule has 0 aliphatic carbocycles. The lowest BCUT2D eigenvalue weighted by Gasteiger charge is -2.08. The van der Waals surface area contributed by atoms with Gasteiger partial charge in [0.05, 0.1) is 13.1 Å². The van der Waals surface area contributed by atoms with Gasteiger partial charge >= 0.3 is 0 Å². The minimum Gasteiger partial charge on any atom is -0.366 e. The second-order valence-electron chi connectivity index (χ2n) is 5.05. The third kappa shape index (κ3) is 2.10. The van der Waals surface area contributed by atoms with Crippen LogP contribution in [-0.4, -0.2) is 36.8 Å². The number of amidine groups is 2. The number of nitrogens with one attached hydrogen (secondary N) is 2. The van der Waals surface area contributed by atoms with Crippen molar-refractivity contribution in [1.29, 1.82) is 0 Å². The first-order chi connectivity index (χ1) is 8.72. The summed E-state index contributed by atoms with van der Waals surface area (Å²) in [5, 5.41) is 6.74. The summed E-state index contributed by atoms with van der Waals surface area (Å²) in [6.07, 6.45) is 0. The van der Waals surface area contributed by atoms with Crippen molar-refractivity contribution in [1.82, 2.24) is 10.6 Å². The average molecular weight is 242 g/mol. The number of benzene rings is 1. The first-order valence-corrected chi connectivity index (χ1v) is 6.45. The Morgan fingerprint density at radius 1 is 0.833 bits per heavy atom. The molecule has 94 valence electrons. The Hall–Kier alpha value is -1.84. The van der Waals surface area contributed by atoms with Crippen LogP contribution < -0.4 is 10.6 Å². The maximum absolute atomic E-state index is 4.49. The maximum Gasteiger partial charge on any atom is 0.128 e. The van der Waals surface area contributed by atoms with Crippen LogP contribution >= 0.6 is 0 Å². The zero-order valence-electron chi connectivity index (χ0n) is 10.8. The van der Waals surface area contributed by atoms with Crippen molar-refractivity contribution < 1.29 is 0 Å². The summed E-state index contributed by atoms with van der Waals surface area (Å²) in [6, 6.07) is 9.31. The van der Waals surface area contributed by atoms with Crippen LogP contribution in [0.2, 0.25) is 0 Å². The molecular formula is C14H18N4. The monoisotopic (exact) mass is 242 g/mol. The summed E-state index contributed by atoms with van der Waals surface area (Å²) in [4.78, 5) is 8.97. The SMILES string of the molecule is CC1CN=C(c2ccc(C3=NCC(C)N3)cc2)N1. The van der Waals surface area contributed by atoms with Gasteiger partial charge in [-0.25, -0.2) is 0 Å². The molecule has 0 saturated heterocycles. The first kappa shape index (κ1) is 11.3. The van der Waals surface area contributed by atoms with Crippen molar-refractivity contribution in [3.8, 4) is 0 Å². The van der Waals surface area contributed by atoms with Crippen LogP contribution in [0.5, 0.6) is 0 Å². The molecule has 2 heterocycles. The van der Waals surface area contributed by atoms with Crippen molar-refractivity contribution in [2.45, 2.75) is 25.9 Å². The maximum atomic E-state index is 4.49. The van der Waals surface area contributed by atoms with E-state index >= 15 is 0 Å². The lowest BCUT2D eigenvalue weighted by Crippen LogP contribution is -2.28. The van der Waals surface area contributed by atoms with Crippen LogP contribution in [0, 0.1) is 0 Å². The summed E-state index contributed by atoms with van der Waals surface area (Å²) >= 11 is 0. The number of nitrogens with zero attached hydrogens (tertiary/aromatic N) is 2. The molecule has 4 nitrogen and oxygen atoms in total. The number of hydrogen-bond donors (Lipinski definition) is 2. The fourth-order valence-electron chi connectivity index (χ4n) is 2.24. The first-order valence-electron chi connectivity index (χ1n) is 6.45. The molecule has 1 aromatic carbocycles. The third-order valence-electron chi connectivity index (χ3n) is 3.24. The Balaban J connectivity index is 1.77. The van der Waals surface area contributed by atoms with Crippen molar-refractivity contribution >= 4 is 11.7 Å². The molecule has 18 heavy (non-hydrogen) atoms. The van der Waals surface area contributed by atoms with E-state index in [4.69, 9.17) is 0 Å². The molecular weight excluding hydrogens is 224 g/mol. The predicted molar refractivity (Wildman–Crippen MR) is 74.4 cm³/mol. The Morgan fingerprint density at radius 2 is 1.22 bits per heavy atom. The van der Waals surface area contributed by atoms with Gasteiger partial charge in [0.2, 0.25) is 0 Å². The third-order valence-corrected chi connectivity index (χ3v) is 3.24. The Bertz CT molecular complexity index is 454. The molecule has 2 N–H and O–H groups in total. The molecule has 1 aromatic rings. The van der Waals surface area contributed by atoms with Gasteiger partial charge in [0.25, 0.3) is 0 Å². The summed E-state index contributed by atoms with van der Waals surface area (Å²) in [5.41, 5.74) is 2.30. The van der Waals surface area contributed by atoms with Gasteiger partial charge in [0.15, 0.2) is 0 Å². The molecule has 0 bridgehead atoms. The molecule has 0 spiro atoms. The van der Waals surface area contributed by atoms with E-state index in [0.717, 1.165) is 35.9 Å². The molecule has 3 rings (SSSR count). The molecule has 2 aliphatic rings. The van der Waals surface area contributed by atoms with Crippen LogP contribution in [0.1, 0.15) is 25.0 Å². The summed E-state index contributed by atoms with van der Waals surface area (Å²) < 4.78 is 0. The van der Waals surface area contributed by atoms with E-state index < -0.39 is 0 Å². The van der Waals surface area contributed by atoms with Crippen molar-refractivity contribution in [2.24, 2.45) is 9.98 Å². The zero-order chi connectivity index (χ0) is 12.5. The van der Waals surface area contributed by atoms with E-state index in [1.807, 2.05) is 0 Å². The van der Waals surface area contributed by atoms with Crippen molar-refractivity contribution in [3.05, 3.63) is 35.4 Å². The molecule has 4 heteroatoms. The van der Waals surface area contributed by atoms with E-state index in [0.29, 0.717) is 12.1 Å². The highest BCUT2D eigenvalue weighted by Gasteiger charge is 2.16. The highest BCUT2D eigenvalue weighted by molar-refractivity contribution is 6.03. The number of aliphatic imine (C=N–C) groups is 2. The highest BCUT2D eigenvalue weighted by Crippen LogP contribution is 2.11. The fourth-order valence-corrected chi connectivity index (χ4v) is 2.24. The average Bonchev–Trinajstić information content (AvgIpc) is 2.98. The standard InChI is InChI=1S/C14H18N4/c1-9-7-15-13(17-9)11-3-5-12(6-4-11)14-16-8-10(2)18-14/h3-6,9-10H,7-8H2,1-2H3,(H,15,17)(H,16,18). The van der Waals surface area contributed by atoms with Gasteiger partial charge in [-0.15, -0.1) is 0 Å². The molecule has 2 unspecified atom stereocenters. The Kier molecular flexibility index (Phi) is 2.78. The number of rotatable bonds is 2. The van der Waals surface area contributed by atoms with Gasteiger partial charge in [-0.05, 0) is 13.8 Å². The van der Waals surface area contributed by atoms with Crippen LogP contribution in [0.4, 0.5) is 0 Å². The van der Waals surface area contributed by atoms with E-state index in [-0.39, 0.29) is 0 Å². The molecule has 0 saturated carbocycles. The van der Waals surface area contributed by atoms with Gasteiger partial charge in [0.1, 0.15) is 11.7 Å². The summed E-state index contributed by atoms with van der Waals surface area (Å²) in [7, 11) is 0. The lowest BCUT2D eigenvalue weighted by molar-refractivity contribution is 0.725. The molecule has 0 aromatic heterocycles. The normalized spacial score (nSPS) is 26.3. The summed E-state index contributed by atoms with van der Waals surface area (Å²) in [5.74, 6) is 2.01. The minimum atomic E-state index is 0.446. The van der Waals surface area contributed by atoms with Crippen molar-refractivity contribution in [2.75, 3.05) is 13.1 Å². The molecule has 0 amide bonds. The fraction of sp³-hybridized carbons (Fsp3) is 0.429. The lowest BCUT2D eigenvalue weighted by atomic mass is 10.1. The zero-order valence-corrected chi connectivity index (χ0v) is 10.8. The second kappa shape index (κ2) is 4.44. The van der Waals surface area contributed by atoms with Gasteiger partial charge in [-0.1, -0.05) is 24.3 Å². The predicted octanol–water partition coefficient (Wildman–Crippen LogP) is 1.16. The van der Waals surface area contributed by atoms with Crippen LogP contribution in [0.3, 0.4) is 0 Å². The minimum absolute atomic E-state index is 0.446. The molecule has 2 atom stereocenters. The van der Waals surface area contributed by atoms with E-state index in [9.17, 15) is 0 Å². The quantitative estimate of drug-likeness (QED) is 0.817.